The van der Waals surface area contributed by atoms with Crippen molar-refractivity contribution in [2.45, 2.75) is 38.8 Å². The molecule has 0 bridgehead atoms. The zero-order valence-corrected chi connectivity index (χ0v) is 15.5. The van der Waals surface area contributed by atoms with Gasteiger partial charge in [-0.25, -0.2) is 4.79 Å². The van der Waals surface area contributed by atoms with Crippen LogP contribution in [0.3, 0.4) is 0 Å². The molecule has 0 unspecified atom stereocenters. The predicted molar refractivity (Wildman–Crippen MR) is 100 cm³/mol. The number of rotatable bonds is 4. The molecule has 4 rings (SSSR count). The second-order valence-corrected chi connectivity index (χ2v) is 6.93. The molecule has 0 aliphatic carbocycles. The Morgan fingerprint density at radius 1 is 1.39 bits per heavy atom. The lowest BCUT2D eigenvalue weighted by molar-refractivity contribution is -0.123. The topological polar surface area (TPSA) is 114 Å². The van der Waals surface area contributed by atoms with Crippen LogP contribution < -0.4 is 15.5 Å². The Balaban J connectivity index is 1.44. The Morgan fingerprint density at radius 3 is 2.96 bits per heavy atom. The summed E-state index contributed by atoms with van der Waals surface area (Å²) in [5.41, 5.74) is 1.73. The van der Waals surface area contributed by atoms with Crippen molar-refractivity contribution in [2.24, 2.45) is 0 Å². The fourth-order valence-electron chi connectivity index (χ4n) is 3.49. The first-order chi connectivity index (χ1) is 13.4. The van der Waals surface area contributed by atoms with Gasteiger partial charge >= 0.3 is 5.97 Å². The smallest absolute Gasteiger partial charge is 0.338 e. The van der Waals surface area contributed by atoms with Crippen LogP contribution in [0.25, 0.3) is 0 Å². The molecule has 0 spiro atoms. The van der Waals surface area contributed by atoms with Crippen molar-refractivity contribution < 1.29 is 23.6 Å². The number of benzene rings is 1. The van der Waals surface area contributed by atoms with Gasteiger partial charge in [-0.1, -0.05) is 5.16 Å². The van der Waals surface area contributed by atoms with Gasteiger partial charge in [0, 0.05) is 12.6 Å². The summed E-state index contributed by atoms with van der Waals surface area (Å²) in [6, 6.07) is 6.43. The summed E-state index contributed by atoms with van der Waals surface area (Å²) in [6.07, 6.45) is 0.754. The number of anilines is 3. The van der Waals surface area contributed by atoms with Crippen LogP contribution in [0.5, 0.6) is 0 Å². The molecule has 9 nitrogen and oxygen atoms in total. The second kappa shape index (κ2) is 6.99. The van der Waals surface area contributed by atoms with Gasteiger partial charge in [-0.05, 0) is 44.9 Å². The van der Waals surface area contributed by atoms with E-state index in [1.807, 2.05) is 0 Å². The second-order valence-electron chi connectivity index (χ2n) is 6.93. The van der Waals surface area contributed by atoms with Crippen molar-refractivity contribution in [3.8, 4) is 0 Å². The van der Waals surface area contributed by atoms with Crippen molar-refractivity contribution in [2.75, 3.05) is 22.1 Å². The van der Waals surface area contributed by atoms with E-state index in [1.165, 1.54) is 6.92 Å². The molecule has 0 radical (unpaired) electrons. The molecule has 1 aromatic heterocycles. The number of nitrogens with zero attached hydrogens (tertiary/aromatic N) is 2. The van der Waals surface area contributed by atoms with E-state index in [4.69, 9.17) is 9.26 Å². The first-order valence-corrected chi connectivity index (χ1v) is 9.09. The van der Waals surface area contributed by atoms with E-state index in [0.717, 1.165) is 25.1 Å². The molecule has 3 heterocycles. The Kier molecular flexibility index (Phi) is 4.50. The highest BCUT2D eigenvalue weighted by molar-refractivity contribution is 6.05. The first-order valence-electron chi connectivity index (χ1n) is 9.09. The number of amides is 2. The van der Waals surface area contributed by atoms with E-state index >= 15 is 0 Å². The third-order valence-corrected chi connectivity index (χ3v) is 4.89. The lowest BCUT2D eigenvalue weighted by Gasteiger charge is -2.33. The summed E-state index contributed by atoms with van der Waals surface area (Å²) in [5, 5.41) is 9.03. The summed E-state index contributed by atoms with van der Waals surface area (Å²) < 4.78 is 10.1. The molecule has 2 atom stereocenters. The standard InChI is InChI=1S/C19H20N4O5/c1-10-8-16(22-28-10)21-17(24)11(2)27-19(26)12-5-6-14-13(9-12)20-18(25)15-4-3-7-23(14)15/h5-6,8-9,11,15H,3-4,7H2,1-2H3,(H,20,25)(H,21,22,24)/t11-,15+/m0/s1. The lowest BCUT2D eigenvalue weighted by atomic mass is 10.1. The molecule has 2 N–H and O–H groups in total. The van der Waals surface area contributed by atoms with E-state index in [9.17, 15) is 14.4 Å². The number of aryl methyl sites for hydroxylation is 1. The normalized spacial score (nSPS) is 18.7. The number of hydrogen-bond acceptors (Lipinski definition) is 7. The minimum Gasteiger partial charge on any atom is -0.449 e. The van der Waals surface area contributed by atoms with E-state index in [2.05, 4.69) is 20.7 Å². The van der Waals surface area contributed by atoms with Crippen molar-refractivity contribution in [3.63, 3.8) is 0 Å². The highest BCUT2D eigenvalue weighted by Crippen LogP contribution is 2.37. The Morgan fingerprint density at radius 2 is 2.21 bits per heavy atom. The number of carbonyl (C=O) groups is 3. The number of ether oxygens (including phenoxy) is 1. The Labute approximate surface area is 161 Å². The molecule has 1 aromatic carbocycles. The van der Waals surface area contributed by atoms with Gasteiger partial charge in [-0.2, -0.15) is 0 Å². The Hall–Kier alpha value is -3.36. The fourth-order valence-corrected chi connectivity index (χ4v) is 3.49. The molecule has 28 heavy (non-hydrogen) atoms. The number of nitrogens with one attached hydrogen (secondary N) is 2. The molecular formula is C19H20N4O5. The zero-order valence-electron chi connectivity index (χ0n) is 15.5. The van der Waals surface area contributed by atoms with Crippen molar-refractivity contribution in [1.82, 2.24) is 5.16 Å². The number of fused-ring (bicyclic) bond motifs is 3. The summed E-state index contributed by atoms with van der Waals surface area (Å²) in [7, 11) is 0. The molecule has 1 saturated heterocycles. The minimum absolute atomic E-state index is 0.0637. The van der Waals surface area contributed by atoms with Gasteiger partial charge < -0.3 is 24.8 Å². The van der Waals surface area contributed by atoms with Crippen molar-refractivity contribution in [3.05, 3.63) is 35.6 Å². The van der Waals surface area contributed by atoms with Crippen LogP contribution >= 0.6 is 0 Å². The summed E-state index contributed by atoms with van der Waals surface area (Å²) in [4.78, 5) is 38.9. The lowest BCUT2D eigenvalue weighted by Crippen LogP contribution is -2.43. The first kappa shape index (κ1) is 18.0. The quantitative estimate of drug-likeness (QED) is 0.776. The number of esters is 1. The van der Waals surface area contributed by atoms with Crippen LogP contribution in [0.1, 0.15) is 35.9 Å². The van der Waals surface area contributed by atoms with Crippen LogP contribution in [-0.4, -0.2) is 41.6 Å². The van der Waals surface area contributed by atoms with Gasteiger partial charge in [0.2, 0.25) is 5.91 Å². The summed E-state index contributed by atoms with van der Waals surface area (Å²) >= 11 is 0. The van der Waals surface area contributed by atoms with E-state index in [-0.39, 0.29) is 23.3 Å². The monoisotopic (exact) mass is 384 g/mol. The van der Waals surface area contributed by atoms with Crippen molar-refractivity contribution >= 4 is 35.0 Å². The SMILES string of the molecule is Cc1cc(NC(=O)[C@H](C)OC(=O)c2ccc3c(c2)NC(=O)[C@H]2CCCN32)no1. The number of aromatic nitrogens is 1. The van der Waals surface area contributed by atoms with E-state index < -0.39 is 18.0 Å². The molecule has 2 aliphatic heterocycles. The van der Waals surface area contributed by atoms with Gasteiger partial charge in [-0.15, -0.1) is 0 Å². The van der Waals surface area contributed by atoms with Gasteiger partial charge in [0.25, 0.3) is 5.91 Å². The average Bonchev–Trinajstić information content (AvgIpc) is 3.30. The van der Waals surface area contributed by atoms with Crippen LogP contribution in [0.2, 0.25) is 0 Å². The predicted octanol–water partition coefficient (Wildman–Crippen LogP) is 2.09. The van der Waals surface area contributed by atoms with Crippen LogP contribution in [0.4, 0.5) is 17.2 Å². The third kappa shape index (κ3) is 3.30. The Bertz CT molecular complexity index is 954. The summed E-state index contributed by atoms with van der Waals surface area (Å²) in [6.45, 7) is 3.98. The van der Waals surface area contributed by atoms with Gasteiger partial charge in [0.15, 0.2) is 11.9 Å². The minimum atomic E-state index is -1.03. The maximum absolute atomic E-state index is 12.4. The molecule has 2 amide bonds. The maximum Gasteiger partial charge on any atom is 0.338 e. The highest BCUT2D eigenvalue weighted by Gasteiger charge is 2.36. The van der Waals surface area contributed by atoms with E-state index in [0.29, 0.717) is 11.4 Å². The van der Waals surface area contributed by atoms with Crippen LogP contribution in [-0.2, 0) is 14.3 Å². The van der Waals surface area contributed by atoms with Gasteiger partial charge in [-0.3, -0.25) is 9.59 Å². The molecule has 2 aromatic rings. The third-order valence-electron chi connectivity index (χ3n) is 4.89. The zero-order chi connectivity index (χ0) is 19.8. The molecule has 2 aliphatic rings. The van der Waals surface area contributed by atoms with Gasteiger partial charge in [0.05, 0.1) is 16.9 Å². The molecule has 9 heteroatoms. The average molecular weight is 384 g/mol. The summed E-state index contributed by atoms with van der Waals surface area (Å²) in [5.74, 6) is -0.433. The van der Waals surface area contributed by atoms with Crippen LogP contribution in [0, 0.1) is 6.92 Å². The van der Waals surface area contributed by atoms with Crippen molar-refractivity contribution in [1.29, 1.82) is 0 Å². The fraction of sp³-hybridized carbons (Fsp3) is 0.368. The molecule has 146 valence electrons. The number of hydrogen-bond donors (Lipinski definition) is 2. The largest absolute Gasteiger partial charge is 0.449 e. The van der Waals surface area contributed by atoms with Gasteiger partial charge in [0.1, 0.15) is 11.8 Å². The van der Waals surface area contributed by atoms with Crippen LogP contribution in [0.15, 0.2) is 28.8 Å². The molecular weight excluding hydrogens is 364 g/mol. The number of carbonyl (C=O) groups excluding carboxylic acids is 3. The maximum atomic E-state index is 12.4. The molecule has 0 saturated carbocycles. The highest BCUT2D eigenvalue weighted by atomic mass is 16.5. The molecule has 1 fully saturated rings. The van der Waals surface area contributed by atoms with E-state index in [1.54, 1.807) is 31.2 Å².